The van der Waals surface area contributed by atoms with E-state index in [-0.39, 0.29) is 0 Å². The molecule has 0 saturated carbocycles. The third-order valence-corrected chi connectivity index (χ3v) is 3.31. The van der Waals surface area contributed by atoms with Gasteiger partial charge in [-0.2, -0.15) is 0 Å². The van der Waals surface area contributed by atoms with Crippen molar-refractivity contribution in [3.05, 3.63) is 0 Å². The first-order valence-electron chi connectivity index (χ1n) is 6.73. The van der Waals surface area contributed by atoms with Crippen LogP contribution in [-0.4, -0.2) is 64.7 Å². The Morgan fingerprint density at radius 2 is 1.65 bits per heavy atom. The summed E-state index contributed by atoms with van der Waals surface area (Å²) < 4.78 is 15.9. The van der Waals surface area contributed by atoms with Gasteiger partial charge in [0.15, 0.2) is 0 Å². The Labute approximate surface area is 105 Å². The van der Waals surface area contributed by atoms with Crippen LogP contribution < -0.4 is 0 Å². The van der Waals surface area contributed by atoms with Crippen molar-refractivity contribution in [2.24, 2.45) is 5.92 Å². The lowest BCUT2D eigenvalue weighted by Crippen LogP contribution is -2.34. The summed E-state index contributed by atoms with van der Waals surface area (Å²) in [7, 11) is 1.68. The summed E-state index contributed by atoms with van der Waals surface area (Å²) in [6.45, 7) is 9.48. The molecule has 17 heavy (non-hydrogen) atoms. The molecule has 0 atom stereocenters. The summed E-state index contributed by atoms with van der Waals surface area (Å²) in [5.41, 5.74) is 0. The lowest BCUT2D eigenvalue weighted by molar-refractivity contribution is 0.00815. The highest BCUT2D eigenvalue weighted by Gasteiger charge is 2.17. The highest BCUT2D eigenvalue weighted by Crippen LogP contribution is 2.16. The van der Waals surface area contributed by atoms with Crippen molar-refractivity contribution >= 4 is 0 Å². The second kappa shape index (κ2) is 9.83. The number of hydrogen-bond donors (Lipinski definition) is 0. The third kappa shape index (κ3) is 6.99. The first kappa shape index (κ1) is 14.9. The SMILES string of the molecule is CCN1CCC(COCCOCCOC)CC1. The molecular formula is C13H27NO3. The van der Waals surface area contributed by atoms with E-state index in [1.807, 2.05) is 0 Å². The van der Waals surface area contributed by atoms with Crippen molar-refractivity contribution in [3.63, 3.8) is 0 Å². The van der Waals surface area contributed by atoms with E-state index in [0.717, 1.165) is 12.5 Å². The largest absolute Gasteiger partial charge is 0.382 e. The molecule has 102 valence electrons. The standard InChI is InChI=1S/C13H27NO3/c1-3-14-6-4-13(5-7-14)12-17-11-10-16-9-8-15-2/h13H,3-12H2,1-2H3. The predicted molar refractivity (Wildman–Crippen MR) is 68.4 cm³/mol. The van der Waals surface area contributed by atoms with Crippen LogP contribution in [0.15, 0.2) is 0 Å². The Balaban J connectivity index is 1.87. The number of ether oxygens (including phenoxy) is 3. The van der Waals surface area contributed by atoms with E-state index >= 15 is 0 Å². The van der Waals surface area contributed by atoms with Crippen molar-refractivity contribution in [2.45, 2.75) is 19.8 Å². The molecule has 0 amide bonds. The topological polar surface area (TPSA) is 30.9 Å². The minimum Gasteiger partial charge on any atom is -0.382 e. The molecule has 0 aromatic rings. The summed E-state index contributed by atoms with van der Waals surface area (Å²) in [4.78, 5) is 2.50. The van der Waals surface area contributed by atoms with Crippen molar-refractivity contribution in [3.8, 4) is 0 Å². The number of methoxy groups -OCH3 is 1. The van der Waals surface area contributed by atoms with Crippen molar-refractivity contribution in [1.29, 1.82) is 0 Å². The molecule has 1 aliphatic rings. The third-order valence-electron chi connectivity index (χ3n) is 3.31. The van der Waals surface area contributed by atoms with E-state index in [0.29, 0.717) is 26.4 Å². The van der Waals surface area contributed by atoms with Gasteiger partial charge >= 0.3 is 0 Å². The molecular weight excluding hydrogens is 218 g/mol. The van der Waals surface area contributed by atoms with Gasteiger partial charge in [-0.3, -0.25) is 0 Å². The Kier molecular flexibility index (Phi) is 8.61. The minimum absolute atomic E-state index is 0.661. The fraction of sp³-hybridized carbons (Fsp3) is 1.00. The number of rotatable bonds is 9. The number of piperidine rings is 1. The van der Waals surface area contributed by atoms with E-state index in [1.54, 1.807) is 7.11 Å². The summed E-state index contributed by atoms with van der Waals surface area (Å²) >= 11 is 0. The van der Waals surface area contributed by atoms with E-state index in [1.165, 1.54) is 32.5 Å². The molecule has 1 fully saturated rings. The van der Waals surface area contributed by atoms with E-state index < -0.39 is 0 Å². The van der Waals surface area contributed by atoms with Crippen LogP contribution in [0, 0.1) is 5.92 Å². The van der Waals surface area contributed by atoms with Crippen LogP contribution in [0.25, 0.3) is 0 Å². The molecule has 1 rings (SSSR count). The summed E-state index contributed by atoms with van der Waals surface area (Å²) in [6.07, 6.45) is 2.55. The molecule has 0 bridgehead atoms. The van der Waals surface area contributed by atoms with Crippen LogP contribution in [0.4, 0.5) is 0 Å². The predicted octanol–water partition coefficient (Wildman–Crippen LogP) is 1.40. The molecule has 0 aliphatic carbocycles. The molecule has 0 N–H and O–H groups in total. The van der Waals surface area contributed by atoms with Crippen molar-refractivity contribution < 1.29 is 14.2 Å². The van der Waals surface area contributed by atoms with Gasteiger partial charge in [0.1, 0.15) is 0 Å². The first-order valence-corrected chi connectivity index (χ1v) is 6.73. The van der Waals surface area contributed by atoms with Gasteiger partial charge < -0.3 is 19.1 Å². The highest BCUT2D eigenvalue weighted by atomic mass is 16.5. The molecule has 1 saturated heterocycles. The highest BCUT2D eigenvalue weighted by molar-refractivity contribution is 4.70. The maximum absolute atomic E-state index is 5.64. The van der Waals surface area contributed by atoms with Gasteiger partial charge in [0, 0.05) is 13.7 Å². The van der Waals surface area contributed by atoms with Gasteiger partial charge in [-0.15, -0.1) is 0 Å². The summed E-state index contributed by atoms with van der Waals surface area (Å²) in [5, 5.41) is 0. The Bertz CT molecular complexity index is 170. The first-order chi connectivity index (χ1) is 8.36. The van der Waals surface area contributed by atoms with E-state index in [2.05, 4.69) is 11.8 Å². The smallest absolute Gasteiger partial charge is 0.0701 e. The van der Waals surface area contributed by atoms with Gasteiger partial charge in [0.05, 0.1) is 26.4 Å². The normalized spacial score (nSPS) is 18.7. The van der Waals surface area contributed by atoms with E-state index in [9.17, 15) is 0 Å². The van der Waals surface area contributed by atoms with Crippen LogP contribution >= 0.6 is 0 Å². The number of nitrogens with zero attached hydrogens (tertiary/aromatic N) is 1. The molecule has 0 spiro atoms. The Morgan fingerprint density at radius 1 is 1.00 bits per heavy atom. The maximum Gasteiger partial charge on any atom is 0.0701 e. The van der Waals surface area contributed by atoms with Gasteiger partial charge in [-0.05, 0) is 38.4 Å². The van der Waals surface area contributed by atoms with Crippen LogP contribution in [-0.2, 0) is 14.2 Å². The van der Waals surface area contributed by atoms with Crippen LogP contribution in [0.3, 0.4) is 0 Å². The molecule has 0 unspecified atom stereocenters. The second-order valence-corrected chi connectivity index (χ2v) is 4.56. The van der Waals surface area contributed by atoms with Gasteiger partial charge in [-0.1, -0.05) is 6.92 Å². The second-order valence-electron chi connectivity index (χ2n) is 4.56. The van der Waals surface area contributed by atoms with Gasteiger partial charge in [0.2, 0.25) is 0 Å². The lowest BCUT2D eigenvalue weighted by atomic mass is 9.98. The molecule has 0 aromatic heterocycles. The molecule has 4 heteroatoms. The van der Waals surface area contributed by atoms with Gasteiger partial charge in [-0.25, -0.2) is 0 Å². The summed E-state index contributed by atoms with van der Waals surface area (Å²) in [6, 6.07) is 0. The molecule has 0 radical (unpaired) electrons. The van der Waals surface area contributed by atoms with Crippen molar-refractivity contribution in [2.75, 3.05) is 59.8 Å². The average molecular weight is 245 g/mol. The Hall–Kier alpha value is -0.160. The number of hydrogen-bond acceptors (Lipinski definition) is 4. The zero-order chi connectivity index (χ0) is 12.3. The molecule has 4 nitrogen and oxygen atoms in total. The number of likely N-dealkylation sites (tertiary alicyclic amines) is 1. The maximum atomic E-state index is 5.64. The average Bonchev–Trinajstić information content (AvgIpc) is 2.38. The van der Waals surface area contributed by atoms with Crippen LogP contribution in [0.1, 0.15) is 19.8 Å². The van der Waals surface area contributed by atoms with Crippen LogP contribution in [0.2, 0.25) is 0 Å². The van der Waals surface area contributed by atoms with E-state index in [4.69, 9.17) is 14.2 Å². The molecule has 1 heterocycles. The molecule has 0 aromatic carbocycles. The fourth-order valence-corrected chi connectivity index (χ4v) is 2.08. The molecule has 1 aliphatic heterocycles. The zero-order valence-electron chi connectivity index (χ0n) is 11.3. The summed E-state index contributed by atoms with van der Waals surface area (Å²) in [5.74, 6) is 0.747. The lowest BCUT2D eigenvalue weighted by Gasteiger charge is -2.30. The Morgan fingerprint density at radius 3 is 2.29 bits per heavy atom. The van der Waals surface area contributed by atoms with Gasteiger partial charge in [0.25, 0.3) is 0 Å². The minimum atomic E-state index is 0.661. The fourth-order valence-electron chi connectivity index (χ4n) is 2.08. The van der Waals surface area contributed by atoms with Crippen LogP contribution in [0.5, 0.6) is 0 Å². The monoisotopic (exact) mass is 245 g/mol. The zero-order valence-corrected chi connectivity index (χ0v) is 11.3. The van der Waals surface area contributed by atoms with Crippen molar-refractivity contribution in [1.82, 2.24) is 4.90 Å². The quantitative estimate of drug-likeness (QED) is 0.575.